The Morgan fingerprint density at radius 1 is 0.440 bits per heavy atom. The zero-order valence-corrected chi connectivity index (χ0v) is 61.8. The molecule has 0 spiro atoms. The van der Waals surface area contributed by atoms with Crippen molar-refractivity contribution in [1.29, 1.82) is 0 Å². The van der Waals surface area contributed by atoms with Gasteiger partial charge in [0.15, 0.2) is 57.7 Å². The fourth-order valence-electron chi connectivity index (χ4n) is 14.4. The third kappa shape index (κ3) is 11.1. The van der Waals surface area contributed by atoms with Gasteiger partial charge in [-0.1, -0.05) is 177 Å². The van der Waals surface area contributed by atoms with Gasteiger partial charge in [0.25, 0.3) is 0 Å². The van der Waals surface area contributed by atoms with Gasteiger partial charge in [0, 0.05) is 104 Å². The van der Waals surface area contributed by atoms with Crippen LogP contribution in [0.1, 0.15) is 96.9 Å². The summed E-state index contributed by atoms with van der Waals surface area (Å²) in [5.74, 6) is 2.35. The van der Waals surface area contributed by atoms with Crippen LogP contribution in [0.15, 0.2) is 220 Å². The average Bonchev–Trinajstić information content (AvgIpc) is 1.67. The van der Waals surface area contributed by atoms with E-state index in [1.165, 1.54) is 7.11 Å². The lowest BCUT2D eigenvalue weighted by molar-refractivity contribution is 0.0601. The van der Waals surface area contributed by atoms with Crippen LogP contribution in [0.2, 0.25) is 5.02 Å². The quantitative estimate of drug-likeness (QED) is 0.0662. The standard InChI is InChI=1S/C21H15N3O2.C16H10Cl2N2O2.C16H12N2O2.C16H9NO4.C14H5Br2NO3/c1-22-16-11-15(23-12-7-3-2-4-8-12)17-18-19(16)24-26-21(18)14-10-6-5-9-13(14)20(17)25;17-5-6-19-11-7-10(18)14-13-12(11)15(21)8-3-1-2-4-9(8)16(13)22-20-14;1-2-17-11-7-8-12-14-13(11)15(19)9-5-3-4-6-10(9)16(14)20-18-12;1-20-16(19)11-7-6-10-12-13(11)17-21-15(12)9-5-3-2-4-8(9)14(10)18;15-9-10(16)13(19)8-7-11(9)17-20-14(7)6-4-2-1-3-5(6)12(8)18/h2-11,22-23H,1H3;1-4,7,19H,5-6H2;3-8,17H,2H2,1H3;2-7H,1H3;1-4,19H. The number of nitrogens with one attached hydrogen (secondary N) is 4. The van der Waals surface area contributed by atoms with Gasteiger partial charge in [-0.05, 0) is 87.3 Å². The number of methoxy groups -OCH3 is 1. The van der Waals surface area contributed by atoms with Gasteiger partial charge < -0.3 is 53.7 Å². The minimum atomic E-state index is -0.507. The largest absolute Gasteiger partial charge is 0.506 e. The van der Waals surface area contributed by atoms with Crippen LogP contribution < -0.4 is 21.3 Å². The van der Waals surface area contributed by atoms with Crippen LogP contribution >= 0.6 is 55.1 Å². The van der Waals surface area contributed by atoms with Crippen LogP contribution in [0.25, 0.3) is 111 Å². The van der Waals surface area contributed by atoms with Crippen LogP contribution in [0.5, 0.6) is 5.75 Å². The number of carbonyl (C=O) groups is 6. The van der Waals surface area contributed by atoms with Gasteiger partial charge in [-0.3, -0.25) is 24.0 Å². The number of para-hydroxylation sites is 1. The maximum absolute atomic E-state index is 13.3. The van der Waals surface area contributed by atoms with Crippen LogP contribution in [0.4, 0.5) is 28.4 Å². The number of alkyl halides is 1. The van der Waals surface area contributed by atoms with E-state index in [2.05, 4.69) is 78.9 Å². The van der Waals surface area contributed by atoms with Crippen molar-refractivity contribution < 1.29 is 61.2 Å². The van der Waals surface area contributed by atoms with Gasteiger partial charge in [0.2, 0.25) is 0 Å². The lowest BCUT2D eigenvalue weighted by atomic mass is 9.86. The molecular formula is C83H51Br2Cl2N9O13. The maximum Gasteiger partial charge on any atom is 0.340 e. The second-order valence-electron chi connectivity index (χ2n) is 25.2. The van der Waals surface area contributed by atoms with Crippen LogP contribution in [-0.4, -0.2) is 98.9 Å². The summed E-state index contributed by atoms with van der Waals surface area (Å²) < 4.78 is 33.1. The number of aromatic hydroxyl groups is 1. The van der Waals surface area contributed by atoms with Gasteiger partial charge >= 0.3 is 5.97 Å². The summed E-state index contributed by atoms with van der Waals surface area (Å²) in [6.45, 7) is 3.30. The molecule has 26 heteroatoms. The number of phenolic OH excluding ortho intramolecular Hbond substituents is 1. The summed E-state index contributed by atoms with van der Waals surface area (Å²) in [4.78, 5) is 75.9. The Hall–Kier alpha value is -12.9. The number of ketones is 5. The number of ether oxygens (including phenoxy) is 1. The Kier molecular flexibility index (Phi) is 17.6. The monoisotopic (exact) mass is 1610 g/mol. The molecule has 534 valence electrons. The number of aromatic nitrogens is 5. The van der Waals surface area contributed by atoms with E-state index in [4.69, 9.17) is 50.6 Å². The Bertz CT molecular complexity index is 6600. The molecule has 0 bridgehead atoms. The van der Waals surface area contributed by atoms with Crippen LogP contribution in [0, 0.1) is 0 Å². The topological polar surface area (TPSA) is 310 Å². The molecule has 5 heterocycles. The molecule has 21 rings (SSSR count). The van der Waals surface area contributed by atoms with Crippen molar-refractivity contribution in [2.45, 2.75) is 6.92 Å². The normalized spacial score (nSPS) is 12.4. The molecule has 0 saturated heterocycles. The summed E-state index contributed by atoms with van der Waals surface area (Å²) in [6, 6.07) is 57.0. The minimum Gasteiger partial charge on any atom is -0.506 e. The Balaban J connectivity index is 0.0000000999. The Morgan fingerprint density at radius 3 is 1.41 bits per heavy atom. The maximum atomic E-state index is 13.3. The van der Waals surface area contributed by atoms with Crippen molar-refractivity contribution in [3.05, 3.63) is 263 Å². The molecule has 5 N–H and O–H groups in total. The fourth-order valence-corrected chi connectivity index (χ4v) is 15.6. The number of halogens is 4. The average molecular weight is 1610 g/mol. The number of hydrogen-bond acceptors (Lipinski definition) is 22. The molecule has 0 aliphatic heterocycles. The smallest absolute Gasteiger partial charge is 0.340 e. The van der Waals surface area contributed by atoms with Crippen molar-refractivity contribution in [2.75, 3.05) is 54.4 Å². The van der Waals surface area contributed by atoms with E-state index in [-0.39, 0.29) is 40.2 Å². The van der Waals surface area contributed by atoms with Crippen molar-refractivity contribution in [1.82, 2.24) is 25.8 Å². The number of fused-ring (bicyclic) bond motifs is 10. The highest BCUT2D eigenvalue weighted by atomic mass is 79.9. The lowest BCUT2D eigenvalue weighted by Crippen LogP contribution is -2.13. The van der Waals surface area contributed by atoms with Crippen molar-refractivity contribution >= 4 is 173 Å². The summed E-state index contributed by atoms with van der Waals surface area (Å²) in [5, 5.41) is 47.3. The first-order valence-electron chi connectivity index (χ1n) is 33.9. The van der Waals surface area contributed by atoms with Crippen molar-refractivity contribution in [3.63, 3.8) is 0 Å². The molecule has 22 nitrogen and oxygen atoms in total. The van der Waals surface area contributed by atoms with Gasteiger partial charge in [-0.2, -0.15) is 0 Å². The van der Waals surface area contributed by atoms with E-state index in [0.717, 1.165) is 62.3 Å². The number of rotatable bonds is 9. The number of nitrogens with zero attached hydrogens (tertiary/aromatic N) is 5. The van der Waals surface area contributed by atoms with Gasteiger partial charge in [0.1, 0.15) is 33.3 Å². The molecule has 0 fully saturated rings. The predicted molar refractivity (Wildman–Crippen MR) is 420 cm³/mol. The number of phenols is 1. The van der Waals surface area contributed by atoms with Crippen LogP contribution in [0.3, 0.4) is 0 Å². The predicted octanol–water partition coefficient (Wildman–Crippen LogP) is 19.7. The SMILES string of the molecule is CCNc1ccc2noc3c2c1C(=O)c1ccccc1-3.CNc1cc(Nc2ccccc2)c2c3c(onc13)-c1ccccc1C2=O.COC(=O)c1ccc2c3c(onc13)-c1ccccc1C2=O.O=C1c2ccccc2-c2onc3c(Br)c(Br)c(O)c1c23.O=C1c2ccccc2-c2onc3c(Cl)cc(NCCCl)c1c23. The lowest BCUT2D eigenvalue weighted by Gasteiger charge is -2.19. The third-order valence-electron chi connectivity index (χ3n) is 19.3. The number of hydrogen-bond donors (Lipinski definition) is 5. The molecule has 0 radical (unpaired) electrons. The molecule has 5 aliphatic rings. The Labute approximate surface area is 642 Å². The molecular weight excluding hydrogens is 1560 g/mol. The van der Waals surface area contributed by atoms with Gasteiger partial charge in [-0.25, -0.2) is 4.79 Å². The van der Waals surface area contributed by atoms with Crippen molar-refractivity contribution in [3.8, 4) is 62.4 Å². The zero-order valence-electron chi connectivity index (χ0n) is 57.1. The molecule has 109 heavy (non-hydrogen) atoms. The summed E-state index contributed by atoms with van der Waals surface area (Å²) in [5.41, 5.74) is 16.2. The van der Waals surface area contributed by atoms with E-state index in [9.17, 15) is 33.9 Å². The van der Waals surface area contributed by atoms with Crippen molar-refractivity contribution in [2.24, 2.45) is 0 Å². The first-order chi connectivity index (χ1) is 53.1. The summed E-state index contributed by atoms with van der Waals surface area (Å²) in [7, 11) is 3.13. The Morgan fingerprint density at radius 2 is 0.881 bits per heavy atom. The molecule has 0 atom stereocenters. The van der Waals surface area contributed by atoms with E-state index in [1.54, 1.807) is 54.6 Å². The molecule has 0 unspecified atom stereocenters. The molecule has 0 amide bonds. The first-order valence-corrected chi connectivity index (χ1v) is 36.4. The highest BCUT2D eigenvalue weighted by Crippen LogP contribution is 2.51. The van der Waals surface area contributed by atoms with E-state index >= 15 is 0 Å². The molecule has 5 aliphatic carbocycles. The summed E-state index contributed by atoms with van der Waals surface area (Å²) >= 11 is 18.6. The third-order valence-corrected chi connectivity index (χ3v) is 21.8. The number of esters is 1. The van der Waals surface area contributed by atoms with Gasteiger partial charge in [-0.15, -0.1) is 11.6 Å². The molecule has 11 aromatic carbocycles. The first kappa shape index (κ1) is 69.2. The van der Waals surface area contributed by atoms with E-state index in [1.807, 2.05) is 147 Å². The molecule has 16 aromatic rings. The molecule has 5 aromatic heterocycles. The summed E-state index contributed by atoms with van der Waals surface area (Å²) in [6.07, 6.45) is 0. The highest BCUT2D eigenvalue weighted by Gasteiger charge is 2.38. The van der Waals surface area contributed by atoms with Gasteiger partial charge in [0.05, 0.1) is 87.2 Å². The molecule has 0 saturated carbocycles. The highest BCUT2D eigenvalue weighted by molar-refractivity contribution is 9.13. The minimum absolute atomic E-state index is 0.0256. The number of carbonyl (C=O) groups excluding carboxylic acids is 6. The second kappa shape index (κ2) is 27.8. The van der Waals surface area contributed by atoms with Crippen LogP contribution in [-0.2, 0) is 4.74 Å². The second-order valence-corrected chi connectivity index (χ2v) is 27.6. The van der Waals surface area contributed by atoms with E-state index < -0.39 is 5.97 Å². The van der Waals surface area contributed by atoms with E-state index in [0.29, 0.717) is 166 Å². The fraction of sp³-hybridized carbons (Fsp3) is 0.0723. The number of benzene rings is 11. The zero-order chi connectivity index (χ0) is 75.2. The number of anilines is 5.